The van der Waals surface area contributed by atoms with Gasteiger partial charge in [-0.25, -0.2) is 9.59 Å². The van der Waals surface area contributed by atoms with Gasteiger partial charge in [-0.2, -0.15) is 0 Å². The van der Waals surface area contributed by atoms with Crippen LogP contribution >= 0.6 is 0 Å². The number of amides is 1. The molecule has 0 aliphatic carbocycles. The standard InChI is InChI=1S/C11H19NO5/c1-11(2,3)17-10(15)12-6-7(16-4)5-8(12)9(13)14/h7-8H,5-6H2,1-4H3,(H,13,14)/t7-,8?/m1/s1. The van der Waals surface area contributed by atoms with E-state index in [1.165, 1.54) is 12.0 Å². The highest BCUT2D eigenvalue weighted by atomic mass is 16.6. The van der Waals surface area contributed by atoms with Crippen LogP contribution in [0.2, 0.25) is 0 Å². The average Bonchev–Trinajstić information content (AvgIpc) is 2.58. The van der Waals surface area contributed by atoms with Gasteiger partial charge in [0.25, 0.3) is 0 Å². The maximum Gasteiger partial charge on any atom is 0.411 e. The van der Waals surface area contributed by atoms with E-state index < -0.39 is 23.7 Å². The molecule has 1 fully saturated rings. The maximum atomic E-state index is 11.8. The Morgan fingerprint density at radius 3 is 2.35 bits per heavy atom. The van der Waals surface area contributed by atoms with Crippen molar-refractivity contribution in [2.75, 3.05) is 13.7 Å². The lowest BCUT2D eigenvalue weighted by Gasteiger charge is -2.26. The molecule has 0 spiro atoms. The molecule has 0 aromatic carbocycles. The summed E-state index contributed by atoms with van der Waals surface area (Å²) in [4.78, 5) is 24.1. The molecule has 1 aliphatic heterocycles. The Morgan fingerprint density at radius 1 is 1.35 bits per heavy atom. The molecular weight excluding hydrogens is 226 g/mol. The Kier molecular flexibility index (Phi) is 3.98. The average molecular weight is 245 g/mol. The van der Waals surface area contributed by atoms with Gasteiger partial charge in [0.2, 0.25) is 0 Å². The summed E-state index contributed by atoms with van der Waals surface area (Å²) in [5.74, 6) is -1.03. The lowest BCUT2D eigenvalue weighted by Crippen LogP contribution is -2.43. The van der Waals surface area contributed by atoms with Gasteiger partial charge in [-0.3, -0.25) is 4.90 Å². The molecule has 2 atom stereocenters. The van der Waals surface area contributed by atoms with Crippen LogP contribution < -0.4 is 0 Å². The molecule has 1 aliphatic rings. The van der Waals surface area contributed by atoms with Crippen LogP contribution in [-0.2, 0) is 14.3 Å². The molecule has 0 aromatic rings. The molecule has 1 heterocycles. The maximum absolute atomic E-state index is 11.8. The summed E-state index contributed by atoms with van der Waals surface area (Å²) in [5.41, 5.74) is -0.634. The Hall–Kier alpha value is -1.30. The molecule has 98 valence electrons. The van der Waals surface area contributed by atoms with E-state index in [1.807, 2.05) is 0 Å². The summed E-state index contributed by atoms with van der Waals surface area (Å²) in [7, 11) is 1.50. The van der Waals surface area contributed by atoms with Crippen LogP contribution in [-0.4, -0.2) is 53.5 Å². The highest BCUT2D eigenvalue weighted by molar-refractivity contribution is 5.81. The first-order valence-electron chi connectivity index (χ1n) is 5.50. The van der Waals surface area contributed by atoms with Gasteiger partial charge in [-0.15, -0.1) is 0 Å². The number of carbonyl (C=O) groups excluding carboxylic acids is 1. The van der Waals surface area contributed by atoms with Crippen molar-refractivity contribution in [3.63, 3.8) is 0 Å². The van der Waals surface area contributed by atoms with Gasteiger partial charge in [0.05, 0.1) is 12.6 Å². The monoisotopic (exact) mass is 245 g/mol. The number of hydrogen-bond acceptors (Lipinski definition) is 4. The predicted molar refractivity (Wildman–Crippen MR) is 59.8 cm³/mol. The molecule has 0 bridgehead atoms. The van der Waals surface area contributed by atoms with Gasteiger partial charge in [0, 0.05) is 13.5 Å². The minimum absolute atomic E-state index is 0.247. The lowest BCUT2D eigenvalue weighted by molar-refractivity contribution is -0.142. The summed E-state index contributed by atoms with van der Waals surface area (Å²) >= 11 is 0. The van der Waals surface area contributed by atoms with Crippen LogP contribution in [0.4, 0.5) is 4.79 Å². The molecule has 0 aromatic heterocycles. The zero-order chi connectivity index (χ0) is 13.2. The number of hydrogen-bond donors (Lipinski definition) is 1. The summed E-state index contributed by atoms with van der Waals surface area (Å²) in [6, 6.07) is -0.866. The molecule has 0 radical (unpaired) electrons. The zero-order valence-electron chi connectivity index (χ0n) is 10.6. The third kappa shape index (κ3) is 3.59. The van der Waals surface area contributed by atoms with Crippen LogP contribution in [0.15, 0.2) is 0 Å². The van der Waals surface area contributed by atoms with E-state index in [2.05, 4.69) is 0 Å². The molecule has 1 amide bonds. The summed E-state index contributed by atoms with van der Waals surface area (Å²) < 4.78 is 10.3. The second kappa shape index (κ2) is 4.91. The fourth-order valence-corrected chi connectivity index (χ4v) is 1.72. The van der Waals surface area contributed by atoms with Gasteiger partial charge in [0.1, 0.15) is 11.6 Å². The van der Waals surface area contributed by atoms with E-state index >= 15 is 0 Å². The largest absolute Gasteiger partial charge is 0.480 e. The van der Waals surface area contributed by atoms with Crippen LogP contribution in [0.1, 0.15) is 27.2 Å². The van der Waals surface area contributed by atoms with Crippen LogP contribution in [0, 0.1) is 0 Å². The smallest absolute Gasteiger partial charge is 0.411 e. The molecule has 1 rings (SSSR count). The van der Waals surface area contributed by atoms with E-state index in [0.29, 0.717) is 6.42 Å². The quantitative estimate of drug-likeness (QED) is 0.788. The van der Waals surface area contributed by atoms with Crippen molar-refractivity contribution in [1.82, 2.24) is 4.90 Å². The van der Waals surface area contributed by atoms with Crippen molar-refractivity contribution < 1.29 is 24.2 Å². The number of carboxylic acids is 1. The Bertz CT molecular complexity index is 309. The zero-order valence-corrected chi connectivity index (χ0v) is 10.6. The normalized spacial score (nSPS) is 24.8. The Balaban J connectivity index is 2.73. The molecule has 1 unspecified atom stereocenters. The molecule has 1 N–H and O–H groups in total. The molecule has 6 heteroatoms. The minimum atomic E-state index is -1.03. The second-order valence-electron chi connectivity index (χ2n) is 5.08. The van der Waals surface area contributed by atoms with Crippen molar-refractivity contribution in [3.8, 4) is 0 Å². The summed E-state index contributed by atoms with van der Waals surface area (Å²) in [6.45, 7) is 5.47. The number of ether oxygens (including phenoxy) is 2. The van der Waals surface area contributed by atoms with Crippen LogP contribution in [0.5, 0.6) is 0 Å². The number of methoxy groups -OCH3 is 1. The van der Waals surface area contributed by atoms with Crippen molar-refractivity contribution in [3.05, 3.63) is 0 Å². The van der Waals surface area contributed by atoms with Gasteiger partial charge < -0.3 is 14.6 Å². The second-order valence-corrected chi connectivity index (χ2v) is 5.08. The van der Waals surface area contributed by atoms with E-state index in [-0.39, 0.29) is 12.6 Å². The van der Waals surface area contributed by atoms with Gasteiger partial charge in [-0.1, -0.05) is 0 Å². The Morgan fingerprint density at radius 2 is 1.94 bits per heavy atom. The van der Waals surface area contributed by atoms with Crippen LogP contribution in [0.3, 0.4) is 0 Å². The highest BCUT2D eigenvalue weighted by Gasteiger charge is 2.41. The fourth-order valence-electron chi connectivity index (χ4n) is 1.72. The number of rotatable bonds is 2. The summed E-state index contributed by atoms with van der Waals surface area (Å²) in [6.07, 6.45) is -0.557. The number of likely N-dealkylation sites (tertiary alicyclic amines) is 1. The number of carbonyl (C=O) groups is 2. The topological polar surface area (TPSA) is 76.1 Å². The molecule has 17 heavy (non-hydrogen) atoms. The van der Waals surface area contributed by atoms with Gasteiger partial charge in [0.15, 0.2) is 0 Å². The van der Waals surface area contributed by atoms with Gasteiger partial charge in [-0.05, 0) is 20.8 Å². The molecule has 0 saturated carbocycles. The first-order chi connectivity index (χ1) is 7.74. The molecule has 6 nitrogen and oxygen atoms in total. The lowest BCUT2D eigenvalue weighted by atomic mass is 10.2. The van der Waals surface area contributed by atoms with E-state index in [1.54, 1.807) is 20.8 Å². The SMILES string of the molecule is CO[C@@H]1CC(C(=O)O)N(C(=O)OC(C)(C)C)C1. The fraction of sp³-hybridized carbons (Fsp3) is 0.818. The first-order valence-corrected chi connectivity index (χ1v) is 5.50. The number of carboxylic acid groups (broad SMARTS) is 1. The van der Waals surface area contributed by atoms with Crippen molar-refractivity contribution in [2.24, 2.45) is 0 Å². The number of aliphatic carboxylic acids is 1. The van der Waals surface area contributed by atoms with Crippen molar-refractivity contribution in [1.29, 1.82) is 0 Å². The first kappa shape index (κ1) is 13.8. The van der Waals surface area contributed by atoms with Crippen molar-refractivity contribution >= 4 is 12.1 Å². The highest BCUT2D eigenvalue weighted by Crippen LogP contribution is 2.22. The number of nitrogens with zero attached hydrogens (tertiary/aromatic N) is 1. The third-order valence-corrected chi connectivity index (χ3v) is 2.51. The Labute approximate surface area is 100 Å². The molecule has 1 saturated heterocycles. The summed E-state index contributed by atoms with van der Waals surface area (Å²) in [5, 5.41) is 9.04. The van der Waals surface area contributed by atoms with Crippen molar-refractivity contribution in [2.45, 2.75) is 44.9 Å². The molecular formula is C11H19NO5. The minimum Gasteiger partial charge on any atom is -0.480 e. The van der Waals surface area contributed by atoms with E-state index in [9.17, 15) is 9.59 Å². The van der Waals surface area contributed by atoms with E-state index in [4.69, 9.17) is 14.6 Å². The van der Waals surface area contributed by atoms with E-state index in [0.717, 1.165) is 0 Å². The van der Waals surface area contributed by atoms with Gasteiger partial charge >= 0.3 is 12.1 Å². The third-order valence-electron chi connectivity index (χ3n) is 2.51. The van der Waals surface area contributed by atoms with Crippen LogP contribution in [0.25, 0.3) is 0 Å². The predicted octanol–water partition coefficient (Wildman–Crippen LogP) is 1.10.